The molecule has 1 unspecified atom stereocenters. The quantitative estimate of drug-likeness (QED) is 0.435. The Hall–Kier alpha value is -2.11. The molecule has 0 aliphatic carbocycles. The molecule has 3 N–H and O–H groups in total. The van der Waals surface area contributed by atoms with Crippen molar-refractivity contribution < 1.29 is 9.13 Å². The molecular weight excluding hydrogens is 477 g/mol. The fraction of sp³-hybridized carbons (Fsp3) is 0.250. The number of aromatic nitrogens is 2. The maximum atomic E-state index is 13.9. The molecule has 3 aromatic rings. The molecule has 0 spiro atoms. The van der Waals surface area contributed by atoms with E-state index in [0.29, 0.717) is 17.3 Å². The minimum Gasteiger partial charge on any atom is -0.379 e. The number of aryl methyl sites for hydroxylation is 1. The molecule has 1 fully saturated rings. The zero-order chi connectivity index (χ0) is 22.0. The maximum absolute atomic E-state index is 13.9. The van der Waals surface area contributed by atoms with Crippen molar-refractivity contribution in [2.45, 2.75) is 19.4 Å². The van der Waals surface area contributed by atoms with Gasteiger partial charge in [-0.05, 0) is 43.8 Å². The molecule has 3 heterocycles. The van der Waals surface area contributed by atoms with Crippen molar-refractivity contribution >= 4 is 68.8 Å². The van der Waals surface area contributed by atoms with Crippen molar-refractivity contribution in [2.24, 2.45) is 0 Å². The Bertz CT molecular complexity index is 1110. The highest BCUT2D eigenvalue weighted by Gasteiger charge is 2.19. The van der Waals surface area contributed by atoms with Crippen molar-refractivity contribution in [3.63, 3.8) is 0 Å². The van der Waals surface area contributed by atoms with E-state index in [1.54, 1.807) is 34.5 Å². The Morgan fingerprint density at radius 3 is 2.94 bits per heavy atom. The third-order valence-corrected chi connectivity index (χ3v) is 6.71. The summed E-state index contributed by atoms with van der Waals surface area (Å²) in [6, 6.07) is 6.70. The van der Waals surface area contributed by atoms with Crippen molar-refractivity contribution in [1.29, 1.82) is 0 Å². The van der Waals surface area contributed by atoms with Crippen LogP contribution in [0, 0.1) is 12.7 Å². The summed E-state index contributed by atoms with van der Waals surface area (Å²) in [6.45, 7) is 3.46. The van der Waals surface area contributed by atoms with Crippen LogP contribution in [0.15, 0.2) is 36.7 Å². The molecular formula is C20H19ClFN5OS3. The van der Waals surface area contributed by atoms with E-state index in [1.807, 2.05) is 13.0 Å². The average molecular weight is 496 g/mol. The van der Waals surface area contributed by atoms with Gasteiger partial charge in [-0.1, -0.05) is 29.9 Å². The van der Waals surface area contributed by atoms with Crippen LogP contribution in [0.25, 0.3) is 5.69 Å². The fourth-order valence-corrected chi connectivity index (χ4v) is 4.82. The van der Waals surface area contributed by atoms with Crippen LogP contribution in [0.1, 0.15) is 16.2 Å². The van der Waals surface area contributed by atoms with Gasteiger partial charge in [0.25, 0.3) is 0 Å². The molecule has 4 rings (SSSR count). The Morgan fingerprint density at radius 2 is 2.19 bits per heavy atom. The first-order valence-corrected chi connectivity index (χ1v) is 11.5. The lowest BCUT2D eigenvalue weighted by atomic mass is 10.2. The maximum Gasteiger partial charge on any atom is 0.175 e. The van der Waals surface area contributed by atoms with E-state index >= 15 is 0 Å². The minimum absolute atomic E-state index is 0.126. The number of thiocarbonyl (C=S) groups is 2. The summed E-state index contributed by atoms with van der Waals surface area (Å²) in [5, 5.41) is 14.0. The number of halogens is 2. The van der Waals surface area contributed by atoms with Gasteiger partial charge in [-0.3, -0.25) is 0 Å². The summed E-state index contributed by atoms with van der Waals surface area (Å²) in [5.74, 6) is -0.484. The van der Waals surface area contributed by atoms with E-state index < -0.39 is 5.82 Å². The molecule has 0 saturated carbocycles. The third kappa shape index (κ3) is 5.21. The molecule has 0 radical (unpaired) electrons. The molecule has 6 nitrogen and oxygen atoms in total. The standard InChI is InChI=1S/C20H19ClFN5OS3/c1-11-16(7-17(31-11)19(29)24-12-5-6-28-10-12)27-9-13(8-23-27)25-20(30)26-18-14(21)3-2-4-15(18)22/h2-4,7-9,12H,5-6,10H2,1H3,(H,24,29)(H2,25,26,30). The van der Waals surface area contributed by atoms with Gasteiger partial charge < -0.3 is 20.7 Å². The van der Waals surface area contributed by atoms with Crippen LogP contribution >= 0.6 is 47.4 Å². The van der Waals surface area contributed by atoms with Gasteiger partial charge in [-0.2, -0.15) is 5.10 Å². The molecule has 162 valence electrons. The zero-order valence-electron chi connectivity index (χ0n) is 16.4. The largest absolute Gasteiger partial charge is 0.379 e. The second kappa shape index (κ2) is 9.58. The fourth-order valence-electron chi connectivity index (χ4n) is 3.13. The SMILES string of the molecule is Cc1sc(C(=S)NC2CCOC2)cc1-n1cc(NC(=S)Nc2c(F)cccc2Cl)cn1. The molecule has 1 saturated heterocycles. The Labute approximate surface area is 198 Å². The number of para-hydroxylation sites is 1. The number of hydrogen-bond donors (Lipinski definition) is 3. The van der Waals surface area contributed by atoms with Crippen molar-refractivity contribution in [1.82, 2.24) is 15.1 Å². The topological polar surface area (TPSA) is 63.1 Å². The van der Waals surface area contributed by atoms with Crippen LogP contribution in [-0.4, -0.2) is 39.1 Å². The van der Waals surface area contributed by atoms with E-state index in [-0.39, 0.29) is 21.9 Å². The minimum atomic E-state index is -0.484. The second-order valence-electron chi connectivity index (χ2n) is 6.94. The van der Waals surface area contributed by atoms with E-state index in [1.165, 1.54) is 12.1 Å². The van der Waals surface area contributed by atoms with Gasteiger partial charge in [-0.25, -0.2) is 9.07 Å². The smallest absolute Gasteiger partial charge is 0.175 e. The highest BCUT2D eigenvalue weighted by atomic mass is 35.5. The molecule has 1 atom stereocenters. The van der Waals surface area contributed by atoms with E-state index in [0.717, 1.165) is 28.5 Å². The molecule has 0 amide bonds. The monoisotopic (exact) mass is 495 g/mol. The lowest BCUT2D eigenvalue weighted by Gasteiger charge is -2.11. The highest BCUT2D eigenvalue weighted by Crippen LogP contribution is 2.27. The summed E-state index contributed by atoms with van der Waals surface area (Å²) in [6.07, 6.45) is 4.40. The third-order valence-electron chi connectivity index (χ3n) is 4.67. The van der Waals surface area contributed by atoms with Crippen molar-refractivity contribution in [2.75, 3.05) is 23.8 Å². The van der Waals surface area contributed by atoms with Gasteiger partial charge in [0.2, 0.25) is 0 Å². The molecule has 1 aliphatic rings. The van der Waals surface area contributed by atoms with Gasteiger partial charge in [-0.15, -0.1) is 11.3 Å². The lowest BCUT2D eigenvalue weighted by molar-refractivity contribution is 0.192. The van der Waals surface area contributed by atoms with Crippen LogP contribution in [0.5, 0.6) is 0 Å². The number of anilines is 2. The zero-order valence-corrected chi connectivity index (χ0v) is 19.7. The Morgan fingerprint density at radius 1 is 1.35 bits per heavy atom. The molecule has 0 bridgehead atoms. The van der Waals surface area contributed by atoms with Gasteiger partial charge in [0.05, 0.1) is 52.0 Å². The van der Waals surface area contributed by atoms with Crippen LogP contribution in [0.4, 0.5) is 15.8 Å². The first kappa shape index (κ1) is 22.1. The molecule has 1 aliphatic heterocycles. The van der Waals surface area contributed by atoms with E-state index in [2.05, 4.69) is 21.0 Å². The van der Waals surface area contributed by atoms with Gasteiger partial charge >= 0.3 is 0 Å². The van der Waals surface area contributed by atoms with Crippen LogP contribution < -0.4 is 16.0 Å². The average Bonchev–Trinajstić information content (AvgIpc) is 3.46. The van der Waals surface area contributed by atoms with Crippen LogP contribution in [0.2, 0.25) is 5.02 Å². The second-order valence-corrected chi connectivity index (χ2v) is 9.42. The number of hydrogen-bond acceptors (Lipinski definition) is 5. The first-order chi connectivity index (χ1) is 14.9. The highest BCUT2D eigenvalue weighted by molar-refractivity contribution is 7.81. The van der Waals surface area contributed by atoms with Crippen molar-refractivity contribution in [3.8, 4) is 5.69 Å². The first-order valence-electron chi connectivity index (χ1n) is 9.47. The number of nitrogens with one attached hydrogen (secondary N) is 3. The summed E-state index contributed by atoms with van der Waals surface area (Å²) in [7, 11) is 0. The predicted octanol–water partition coefficient (Wildman–Crippen LogP) is 4.90. The summed E-state index contributed by atoms with van der Waals surface area (Å²) in [4.78, 5) is 2.77. The van der Waals surface area contributed by atoms with E-state index in [9.17, 15) is 4.39 Å². The van der Waals surface area contributed by atoms with Crippen LogP contribution in [-0.2, 0) is 4.74 Å². The molecule has 1 aromatic carbocycles. The van der Waals surface area contributed by atoms with Gasteiger partial charge in [0.15, 0.2) is 5.11 Å². The van der Waals surface area contributed by atoms with Crippen molar-refractivity contribution in [3.05, 3.63) is 57.3 Å². The summed E-state index contributed by atoms with van der Waals surface area (Å²) in [5.41, 5.74) is 1.71. The number of ether oxygens (including phenoxy) is 1. The predicted molar refractivity (Wildman–Crippen MR) is 131 cm³/mol. The normalized spacial score (nSPS) is 15.6. The summed E-state index contributed by atoms with van der Waals surface area (Å²) >= 11 is 18.5. The number of thiophene rings is 1. The van der Waals surface area contributed by atoms with Gasteiger partial charge in [0, 0.05) is 11.5 Å². The van der Waals surface area contributed by atoms with E-state index in [4.69, 9.17) is 40.8 Å². The summed E-state index contributed by atoms with van der Waals surface area (Å²) < 4.78 is 21.1. The molecule has 11 heteroatoms. The molecule has 31 heavy (non-hydrogen) atoms. The lowest BCUT2D eigenvalue weighted by Crippen LogP contribution is -2.33. The Balaban J connectivity index is 1.43. The number of nitrogens with zero attached hydrogens (tertiary/aromatic N) is 2. The van der Waals surface area contributed by atoms with Gasteiger partial charge in [0.1, 0.15) is 10.8 Å². The number of benzene rings is 1. The molecule has 2 aromatic heterocycles. The number of rotatable bonds is 5. The van der Waals surface area contributed by atoms with Crippen LogP contribution in [0.3, 0.4) is 0 Å². The Kier molecular flexibility index (Phi) is 6.83.